The fourth-order valence-corrected chi connectivity index (χ4v) is 3.10. The molecule has 4 nitrogen and oxygen atoms in total. The van der Waals surface area contributed by atoms with Crippen LogP contribution in [0, 0.1) is 0 Å². The second-order valence-corrected chi connectivity index (χ2v) is 7.71. The Hall–Kier alpha value is -2.04. The van der Waals surface area contributed by atoms with Crippen molar-refractivity contribution in [2.45, 2.75) is 33.1 Å². The van der Waals surface area contributed by atoms with Gasteiger partial charge in [-0.1, -0.05) is 62.2 Å². The van der Waals surface area contributed by atoms with Crippen LogP contribution in [0.4, 0.5) is 10.5 Å². The summed E-state index contributed by atoms with van der Waals surface area (Å²) in [6, 6.07) is 11.9. The largest absolute Gasteiger partial charge is 0.328 e. The van der Waals surface area contributed by atoms with Crippen molar-refractivity contribution in [3.05, 3.63) is 63.6 Å². The van der Waals surface area contributed by atoms with Crippen LogP contribution in [0.1, 0.15) is 43.6 Å². The summed E-state index contributed by atoms with van der Waals surface area (Å²) in [6.07, 6.45) is 0. The number of anilines is 1. The molecule has 0 aliphatic carbocycles. The minimum Gasteiger partial charge on any atom is -0.294 e. The molecule has 0 heterocycles. The van der Waals surface area contributed by atoms with E-state index in [9.17, 15) is 9.59 Å². The third kappa shape index (κ3) is 4.57. The maximum absolute atomic E-state index is 12.6. The van der Waals surface area contributed by atoms with Crippen molar-refractivity contribution < 1.29 is 9.59 Å². The van der Waals surface area contributed by atoms with Gasteiger partial charge in [-0.05, 0) is 42.2 Å². The van der Waals surface area contributed by atoms with E-state index in [2.05, 4.69) is 26.1 Å². The fraction of sp³-hybridized carbons (Fsp3) is 0.300. The summed E-state index contributed by atoms with van der Waals surface area (Å²) in [5.74, 6) is -0.629. The maximum Gasteiger partial charge on any atom is 0.328 e. The maximum atomic E-state index is 12.6. The second-order valence-electron chi connectivity index (χ2n) is 6.90. The summed E-state index contributed by atoms with van der Waals surface area (Å²) < 4.78 is 0. The van der Waals surface area contributed by atoms with Gasteiger partial charge in [0.25, 0.3) is 5.91 Å². The Balaban J connectivity index is 2.20. The standard InChI is InChI=1S/C20H22Cl2N2O2/c1-5-24(14-11-9-13(10-12-14)20(2,3)4)19(26)23-18(25)17-15(21)7-6-8-16(17)22/h6-12H,5H2,1-4H3,(H,23,25,26). The zero-order valence-corrected chi connectivity index (χ0v) is 16.8. The molecule has 1 N–H and O–H groups in total. The number of nitrogens with one attached hydrogen (secondary N) is 1. The molecule has 3 amide bonds. The van der Waals surface area contributed by atoms with Crippen molar-refractivity contribution in [1.82, 2.24) is 5.32 Å². The van der Waals surface area contributed by atoms with Crippen molar-refractivity contribution in [1.29, 1.82) is 0 Å². The van der Waals surface area contributed by atoms with Crippen LogP contribution in [0.15, 0.2) is 42.5 Å². The molecular formula is C20H22Cl2N2O2. The Kier molecular flexibility index (Phi) is 6.32. The first kappa shape index (κ1) is 20.3. The third-order valence-corrected chi connectivity index (χ3v) is 4.65. The summed E-state index contributed by atoms with van der Waals surface area (Å²) in [4.78, 5) is 26.5. The van der Waals surface area contributed by atoms with E-state index in [1.54, 1.807) is 18.2 Å². The van der Waals surface area contributed by atoms with Crippen LogP contribution < -0.4 is 10.2 Å². The Bertz CT molecular complexity index is 791. The number of nitrogens with zero attached hydrogens (tertiary/aromatic N) is 1. The number of rotatable bonds is 3. The van der Waals surface area contributed by atoms with E-state index < -0.39 is 11.9 Å². The molecule has 0 aliphatic rings. The van der Waals surface area contributed by atoms with Gasteiger partial charge in [-0.2, -0.15) is 0 Å². The van der Waals surface area contributed by atoms with Crippen molar-refractivity contribution in [2.24, 2.45) is 0 Å². The van der Waals surface area contributed by atoms with Gasteiger partial charge in [0.2, 0.25) is 0 Å². The van der Waals surface area contributed by atoms with Crippen molar-refractivity contribution >= 4 is 40.8 Å². The Morgan fingerprint density at radius 1 is 1.00 bits per heavy atom. The zero-order chi connectivity index (χ0) is 19.5. The van der Waals surface area contributed by atoms with Gasteiger partial charge in [0, 0.05) is 12.2 Å². The number of imide groups is 1. The predicted molar refractivity (Wildman–Crippen MR) is 107 cm³/mol. The average molecular weight is 393 g/mol. The summed E-state index contributed by atoms with van der Waals surface area (Å²) >= 11 is 12.1. The van der Waals surface area contributed by atoms with Gasteiger partial charge in [0.15, 0.2) is 0 Å². The van der Waals surface area contributed by atoms with Crippen LogP contribution in [0.3, 0.4) is 0 Å². The lowest BCUT2D eigenvalue weighted by molar-refractivity contribution is 0.0966. The monoisotopic (exact) mass is 392 g/mol. The van der Waals surface area contributed by atoms with Crippen LogP contribution in [-0.4, -0.2) is 18.5 Å². The number of carbonyl (C=O) groups is 2. The Morgan fingerprint density at radius 2 is 1.54 bits per heavy atom. The quantitative estimate of drug-likeness (QED) is 0.731. The Morgan fingerprint density at radius 3 is 2.00 bits per heavy atom. The summed E-state index contributed by atoms with van der Waals surface area (Å²) in [6.45, 7) is 8.61. The molecule has 2 rings (SSSR count). The number of urea groups is 1. The minimum atomic E-state index is -0.629. The lowest BCUT2D eigenvalue weighted by Crippen LogP contribution is -2.43. The van der Waals surface area contributed by atoms with Crippen LogP contribution in [0.2, 0.25) is 10.0 Å². The lowest BCUT2D eigenvalue weighted by atomic mass is 9.87. The number of carbonyl (C=O) groups excluding carboxylic acids is 2. The minimum absolute atomic E-state index is 0.0224. The highest BCUT2D eigenvalue weighted by atomic mass is 35.5. The first-order valence-corrected chi connectivity index (χ1v) is 9.08. The smallest absolute Gasteiger partial charge is 0.294 e. The molecule has 0 saturated carbocycles. The zero-order valence-electron chi connectivity index (χ0n) is 15.3. The molecule has 2 aromatic rings. The van der Waals surface area contributed by atoms with E-state index in [1.807, 2.05) is 31.2 Å². The number of amides is 3. The highest BCUT2D eigenvalue weighted by Crippen LogP contribution is 2.26. The van der Waals surface area contributed by atoms with Gasteiger partial charge in [-0.25, -0.2) is 4.79 Å². The van der Waals surface area contributed by atoms with E-state index >= 15 is 0 Å². The SMILES string of the molecule is CCN(C(=O)NC(=O)c1c(Cl)cccc1Cl)c1ccc(C(C)(C)C)cc1. The molecule has 0 bridgehead atoms. The molecule has 0 atom stereocenters. The van der Waals surface area contributed by atoms with Gasteiger partial charge in [0.05, 0.1) is 15.6 Å². The molecule has 6 heteroatoms. The van der Waals surface area contributed by atoms with Crippen LogP contribution in [0.25, 0.3) is 0 Å². The number of hydrogen-bond donors (Lipinski definition) is 1. The molecule has 0 spiro atoms. The van der Waals surface area contributed by atoms with Gasteiger partial charge in [-0.3, -0.25) is 15.0 Å². The van der Waals surface area contributed by atoms with Crippen LogP contribution in [0.5, 0.6) is 0 Å². The van der Waals surface area contributed by atoms with Crippen molar-refractivity contribution in [3.63, 3.8) is 0 Å². The molecule has 2 aromatic carbocycles. The molecule has 0 aromatic heterocycles. The van der Waals surface area contributed by atoms with E-state index in [-0.39, 0.29) is 21.0 Å². The first-order chi connectivity index (χ1) is 12.1. The summed E-state index contributed by atoms with van der Waals surface area (Å²) in [7, 11) is 0. The van der Waals surface area contributed by atoms with Crippen LogP contribution >= 0.6 is 23.2 Å². The lowest BCUT2D eigenvalue weighted by Gasteiger charge is -2.24. The molecule has 0 radical (unpaired) electrons. The van der Waals surface area contributed by atoms with E-state index in [0.717, 1.165) is 5.56 Å². The van der Waals surface area contributed by atoms with E-state index in [1.165, 1.54) is 4.90 Å². The number of hydrogen-bond acceptors (Lipinski definition) is 2. The predicted octanol–water partition coefficient (Wildman–Crippen LogP) is 5.67. The van der Waals surface area contributed by atoms with Gasteiger partial charge in [-0.15, -0.1) is 0 Å². The average Bonchev–Trinajstić information content (AvgIpc) is 2.55. The fourth-order valence-electron chi connectivity index (χ4n) is 2.53. The van der Waals surface area contributed by atoms with E-state index in [4.69, 9.17) is 23.2 Å². The highest BCUT2D eigenvalue weighted by Gasteiger charge is 2.21. The Labute approximate surface area is 164 Å². The van der Waals surface area contributed by atoms with Gasteiger partial charge >= 0.3 is 6.03 Å². The molecule has 0 saturated heterocycles. The normalized spacial score (nSPS) is 11.2. The molecule has 0 unspecified atom stereocenters. The molecule has 26 heavy (non-hydrogen) atoms. The van der Waals surface area contributed by atoms with Crippen molar-refractivity contribution in [3.8, 4) is 0 Å². The van der Waals surface area contributed by atoms with Crippen molar-refractivity contribution in [2.75, 3.05) is 11.4 Å². The number of halogens is 2. The number of benzene rings is 2. The summed E-state index contributed by atoms with van der Waals surface area (Å²) in [5.41, 5.74) is 1.98. The molecule has 0 fully saturated rings. The topological polar surface area (TPSA) is 49.4 Å². The second kappa shape index (κ2) is 8.11. The summed E-state index contributed by atoms with van der Waals surface area (Å²) in [5, 5.41) is 2.74. The highest BCUT2D eigenvalue weighted by molar-refractivity contribution is 6.40. The van der Waals surface area contributed by atoms with Gasteiger partial charge < -0.3 is 0 Å². The van der Waals surface area contributed by atoms with Gasteiger partial charge in [0.1, 0.15) is 0 Å². The van der Waals surface area contributed by atoms with E-state index in [0.29, 0.717) is 12.2 Å². The molecular weight excluding hydrogens is 371 g/mol. The van der Waals surface area contributed by atoms with Crippen LogP contribution in [-0.2, 0) is 5.41 Å². The first-order valence-electron chi connectivity index (χ1n) is 8.32. The molecule has 138 valence electrons. The third-order valence-electron chi connectivity index (χ3n) is 4.02. The molecule has 0 aliphatic heterocycles.